The van der Waals surface area contributed by atoms with Crippen LogP contribution in [0.5, 0.6) is 5.75 Å². The summed E-state index contributed by atoms with van der Waals surface area (Å²) >= 11 is 0. The van der Waals surface area contributed by atoms with Gasteiger partial charge in [-0.3, -0.25) is 14.7 Å². The highest BCUT2D eigenvalue weighted by molar-refractivity contribution is 5.83. The molecule has 1 fully saturated rings. The van der Waals surface area contributed by atoms with E-state index in [9.17, 15) is 9.90 Å². The molecule has 1 amide bonds. The van der Waals surface area contributed by atoms with Gasteiger partial charge in [0.25, 0.3) is 0 Å². The molecule has 7 nitrogen and oxygen atoms in total. The van der Waals surface area contributed by atoms with Gasteiger partial charge in [0.05, 0.1) is 23.8 Å². The van der Waals surface area contributed by atoms with Crippen molar-refractivity contribution in [1.82, 2.24) is 14.9 Å². The number of rotatable bonds is 4. The Labute approximate surface area is 169 Å². The number of hydrogen-bond acceptors (Lipinski definition) is 6. The molecule has 3 N–H and O–H groups in total. The average molecular weight is 391 g/mol. The number of carbonyl (C=O) groups excluding carboxylic acids is 1. The minimum atomic E-state index is -0.295. The number of carbonyl (C=O) groups is 1. The average Bonchev–Trinajstić information content (AvgIpc) is 2.71. The Morgan fingerprint density at radius 3 is 2.38 bits per heavy atom. The van der Waals surface area contributed by atoms with Gasteiger partial charge in [-0.25, -0.2) is 4.98 Å². The maximum atomic E-state index is 11.1. The molecule has 2 heterocycles. The monoisotopic (exact) mass is 391 g/mol. The van der Waals surface area contributed by atoms with E-state index in [1.807, 2.05) is 44.2 Å². The molecule has 1 saturated heterocycles. The van der Waals surface area contributed by atoms with Gasteiger partial charge < -0.3 is 15.7 Å². The van der Waals surface area contributed by atoms with Crippen LogP contribution in [0.15, 0.2) is 36.5 Å². The highest BCUT2D eigenvalue weighted by atomic mass is 16.3. The summed E-state index contributed by atoms with van der Waals surface area (Å²) in [4.78, 5) is 24.8. The molecule has 0 unspecified atom stereocenters. The van der Waals surface area contributed by atoms with Gasteiger partial charge in [0, 0.05) is 26.2 Å². The molecule has 4 rings (SSSR count). The predicted octanol–water partition coefficient (Wildman–Crippen LogP) is 2.23. The molecule has 1 aliphatic rings. The second-order valence-corrected chi connectivity index (χ2v) is 7.62. The summed E-state index contributed by atoms with van der Waals surface area (Å²) in [6.45, 7) is 7.22. The molecule has 7 heteroatoms. The number of amides is 1. The number of hydrogen-bond donors (Lipinski definition) is 2. The van der Waals surface area contributed by atoms with Crippen molar-refractivity contribution in [2.45, 2.75) is 13.8 Å². The first-order valence-corrected chi connectivity index (χ1v) is 9.74. The Morgan fingerprint density at radius 1 is 1.03 bits per heavy atom. The van der Waals surface area contributed by atoms with Crippen LogP contribution in [0, 0.1) is 13.8 Å². The van der Waals surface area contributed by atoms with Crippen molar-refractivity contribution in [2.75, 3.05) is 37.6 Å². The molecule has 0 bridgehead atoms. The largest absolute Gasteiger partial charge is 0.507 e. The number of piperazine rings is 1. The normalized spacial score (nSPS) is 15.0. The van der Waals surface area contributed by atoms with E-state index in [0.717, 1.165) is 65.3 Å². The Bertz CT molecular complexity index is 1050. The van der Waals surface area contributed by atoms with E-state index < -0.39 is 0 Å². The number of aromatic nitrogens is 2. The van der Waals surface area contributed by atoms with Crippen LogP contribution >= 0.6 is 0 Å². The molecule has 1 aliphatic heterocycles. The van der Waals surface area contributed by atoms with Crippen LogP contribution in [0.3, 0.4) is 0 Å². The van der Waals surface area contributed by atoms with Crippen LogP contribution in [0.25, 0.3) is 22.2 Å². The van der Waals surface area contributed by atoms with E-state index in [2.05, 4.69) is 14.8 Å². The van der Waals surface area contributed by atoms with Crippen LogP contribution in [0.1, 0.15) is 11.1 Å². The molecule has 2 aromatic carbocycles. The zero-order chi connectivity index (χ0) is 20.5. The lowest BCUT2D eigenvalue weighted by Crippen LogP contribution is -2.49. The smallest absolute Gasteiger partial charge is 0.231 e. The fraction of sp³-hybridized carbons (Fsp3) is 0.318. The quantitative estimate of drug-likeness (QED) is 0.708. The molecule has 29 heavy (non-hydrogen) atoms. The van der Waals surface area contributed by atoms with E-state index in [-0.39, 0.29) is 5.91 Å². The van der Waals surface area contributed by atoms with Crippen LogP contribution in [0.2, 0.25) is 0 Å². The van der Waals surface area contributed by atoms with E-state index in [4.69, 9.17) is 10.7 Å². The zero-order valence-corrected chi connectivity index (χ0v) is 16.7. The number of aromatic hydroxyl groups is 1. The van der Waals surface area contributed by atoms with Crippen LogP contribution < -0.4 is 10.6 Å². The Balaban J connectivity index is 1.60. The van der Waals surface area contributed by atoms with Crippen molar-refractivity contribution in [3.05, 3.63) is 47.7 Å². The van der Waals surface area contributed by atoms with Gasteiger partial charge in [0.1, 0.15) is 11.6 Å². The van der Waals surface area contributed by atoms with Gasteiger partial charge in [-0.05, 0) is 60.4 Å². The van der Waals surface area contributed by atoms with Crippen LogP contribution in [0.4, 0.5) is 5.82 Å². The third-order valence-electron chi connectivity index (χ3n) is 5.43. The number of phenols is 1. The molecular weight excluding hydrogens is 366 g/mol. The number of fused-ring (bicyclic) bond motifs is 1. The molecule has 1 aromatic heterocycles. The molecule has 0 radical (unpaired) electrons. The van der Waals surface area contributed by atoms with Gasteiger partial charge >= 0.3 is 0 Å². The number of primary amides is 1. The lowest BCUT2D eigenvalue weighted by Gasteiger charge is -2.34. The van der Waals surface area contributed by atoms with Crippen LogP contribution in [-0.2, 0) is 4.79 Å². The number of phenolic OH excluding ortho intramolecular Hbond substituents is 1. The molecule has 0 atom stereocenters. The van der Waals surface area contributed by atoms with Crippen molar-refractivity contribution in [1.29, 1.82) is 0 Å². The third-order valence-corrected chi connectivity index (χ3v) is 5.43. The molecular formula is C22H25N5O2. The Hall–Kier alpha value is -3.19. The number of anilines is 1. The van der Waals surface area contributed by atoms with Crippen molar-refractivity contribution in [2.24, 2.45) is 5.73 Å². The van der Waals surface area contributed by atoms with Gasteiger partial charge in [-0.15, -0.1) is 0 Å². The van der Waals surface area contributed by atoms with Crippen molar-refractivity contribution < 1.29 is 9.90 Å². The summed E-state index contributed by atoms with van der Waals surface area (Å²) in [5.41, 5.74) is 10.8. The highest BCUT2D eigenvalue weighted by Gasteiger charge is 2.19. The summed E-state index contributed by atoms with van der Waals surface area (Å²) in [6.07, 6.45) is 1.81. The number of aryl methyl sites for hydroxylation is 2. The highest BCUT2D eigenvalue weighted by Crippen LogP contribution is 2.30. The standard InChI is InChI=1S/C22H25N5O2/c1-14-9-17(10-15(2)22(14)29)16-3-4-18-19(11-16)25-21(12-24-18)27-7-5-26(6-8-27)13-20(23)28/h3-4,9-12,29H,5-8,13H2,1-2H3,(H2,23,28). The predicted molar refractivity (Wildman–Crippen MR) is 114 cm³/mol. The summed E-state index contributed by atoms with van der Waals surface area (Å²) in [5, 5.41) is 10.0. The number of nitrogens with zero attached hydrogens (tertiary/aromatic N) is 4. The first kappa shape index (κ1) is 19.1. The summed E-state index contributed by atoms with van der Waals surface area (Å²) in [5.74, 6) is 0.884. The lowest BCUT2D eigenvalue weighted by atomic mass is 9.99. The van der Waals surface area contributed by atoms with Crippen molar-refractivity contribution in [3.63, 3.8) is 0 Å². The maximum Gasteiger partial charge on any atom is 0.231 e. The van der Waals surface area contributed by atoms with Crippen LogP contribution in [-0.4, -0.2) is 58.6 Å². The third kappa shape index (κ3) is 4.00. The molecule has 0 aliphatic carbocycles. The molecule has 3 aromatic rings. The van der Waals surface area contributed by atoms with E-state index in [1.54, 1.807) is 6.20 Å². The second-order valence-electron chi connectivity index (χ2n) is 7.62. The second kappa shape index (κ2) is 7.67. The van der Waals surface area contributed by atoms with E-state index >= 15 is 0 Å². The summed E-state index contributed by atoms with van der Waals surface area (Å²) in [6, 6.07) is 10.0. The minimum absolute atomic E-state index is 0.295. The minimum Gasteiger partial charge on any atom is -0.507 e. The Kier molecular flexibility index (Phi) is 5.07. The number of benzene rings is 2. The van der Waals surface area contributed by atoms with E-state index in [1.165, 1.54) is 0 Å². The van der Waals surface area contributed by atoms with Gasteiger partial charge in [0.2, 0.25) is 5.91 Å². The zero-order valence-electron chi connectivity index (χ0n) is 16.7. The van der Waals surface area contributed by atoms with Gasteiger partial charge in [-0.1, -0.05) is 6.07 Å². The first-order chi connectivity index (χ1) is 13.9. The van der Waals surface area contributed by atoms with Crippen molar-refractivity contribution >= 4 is 22.8 Å². The first-order valence-electron chi connectivity index (χ1n) is 9.74. The fourth-order valence-electron chi connectivity index (χ4n) is 3.81. The maximum absolute atomic E-state index is 11.1. The van der Waals surface area contributed by atoms with Gasteiger partial charge in [-0.2, -0.15) is 0 Å². The fourth-order valence-corrected chi connectivity index (χ4v) is 3.81. The topological polar surface area (TPSA) is 95.6 Å². The number of nitrogens with two attached hydrogens (primary N) is 1. The van der Waals surface area contributed by atoms with Gasteiger partial charge in [0.15, 0.2) is 0 Å². The summed E-state index contributed by atoms with van der Waals surface area (Å²) < 4.78 is 0. The summed E-state index contributed by atoms with van der Waals surface area (Å²) in [7, 11) is 0. The van der Waals surface area contributed by atoms with E-state index in [0.29, 0.717) is 12.3 Å². The molecule has 0 spiro atoms. The SMILES string of the molecule is Cc1cc(-c2ccc3ncc(N4CCN(CC(N)=O)CC4)nc3c2)cc(C)c1O. The van der Waals surface area contributed by atoms with Crippen molar-refractivity contribution in [3.8, 4) is 16.9 Å². The molecule has 150 valence electrons. The lowest BCUT2D eigenvalue weighted by molar-refractivity contribution is -0.119. The Morgan fingerprint density at radius 2 is 1.72 bits per heavy atom. The molecule has 0 saturated carbocycles.